The molecule has 20 heavy (non-hydrogen) atoms. The number of rotatable bonds is 4. The maximum absolute atomic E-state index is 5.96. The zero-order valence-electron chi connectivity index (χ0n) is 12.3. The average molecular weight is 289 g/mol. The topological polar surface area (TPSA) is 25.2 Å². The molecule has 1 aliphatic carbocycles. The summed E-state index contributed by atoms with van der Waals surface area (Å²) < 4.78 is 5.96. The summed E-state index contributed by atoms with van der Waals surface area (Å²) in [6.07, 6.45) is 7.53. The molecule has 3 unspecified atom stereocenters. The summed E-state index contributed by atoms with van der Waals surface area (Å²) in [7, 11) is 0. The lowest BCUT2D eigenvalue weighted by molar-refractivity contribution is 0.332. The van der Waals surface area contributed by atoms with E-state index in [0.717, 1.165) is 16.6 Å². The Morgan fingerprint density at radius 2 is 2.15 bits per heavy atom. The average Bonchev–Trinajstić information content (AvgIpc) is 2.91. The van der Waals surface area contributed by atoms with Crippen LogP contribution in [-0.2, 0) is 0 Å². The van der Waals surface area contributed by atoms with E-state index in [2.05, 4.69) is 36.7 Å². The molecule has 2 nitrogen and oxygen atoms in total. The van der Waals surface area contributed by atoms with E-state index in [1.807, 2.05) is 23.9 Å². The largest absolute Gasteiger partial charge is 0.459 e. The van der Waals surface area contributed by atoms with E-state index < -0.39 is 0 Å². The van der Waals surface area contributed by atoms with Crippen molar-refractivity contribution in [3.05, 3.63) is 36.1 Å². The third-order valence-electron chi connectivity index (χ3n) is 4.32. The van der Waals surface area contributed by atoms with E-state index in [1.165, 1.54) is 31.1 Å². The van der Waals surface area contributed by atoms with Crippen LogP contribution in [0.15, 0.2) is 34.7 Å². The van der Waals surface area contributed by atoms with Crippen molar-refractivity contribution in [3.63, 3.8) is 0 Å². The van der Waals surface area contributed by atoms with Gasteiger partial charge in [-0.25, -0.2) is 0 Å². The molecular formula is C17H23NOS. The number of benzene rings is 1. The monoisotopic (exact) mass is 289 g/mol. The molecule has 0 radical (unpaired) electrons. The normalized spacial score (nSPS) is 24.9. The second-order valence-electron chi connectivity index (χ2n) is 5.80. The quantitative estimate of drug-likeness (QED) is 0.878. The van der Waals surface area contributed by atoms with Crippen LogP contribution in [0.4, 0.5) is 0 Å². The van der Waals surface area contributed by atoms with Gasteiger partial charge < -0.3 is 9.73 Å². The van der Waals surface area contributed by atoms with Crippen LogP contribution in [0.3, 0.4) is 0 Å². The van der Waals surface area contributed by atoms with Crippen LogP contribution in [0.5, 0.6) is 0 Å². The lowest BCUT2D eigenvalue weighted by Crippen LogP contribution is -2.36. The minimum absolute atomic E-state index is 0.285. The van der Waals surface area contributed by atoms with Crippen molar-refractivity contribution in [1.29, 1.82) is 0 Å². The summed E-state index contributed by atoms with van der Waals surface area (Å²) >= 11 is 2.01. The Bertz CT molecular complexity index is 532. The summed E-state index contributed by atoms with van der Waals surface area (Å²) in [5.41, 5.74) is 0.988. The fourth-order valence-corrected chi connectivity index (χ4v) is 3.99. The number of para-hydroxylation sites is 1. The van der Waals surface area contributed by atoms with E-state index in [1.54, 1.807) is 0 Å². The first kappa shape index (κ1) is 14.0. The molecule has 2 aromatic rings. The number of fused-ring (bicyclic) bond motifs is 1. The Hall–Kier alpha value is -0.930. The molecule has 1 saturated carbocycles. The van der Waals surface area contributed by atoms with E-state index in [4.69, 9.17) is 4.42 Å². The molecule has 108 valence electrons. The Balaban J connectivity index is 1.67. The highest BCUT2D eigenvalue weighted by Gasteiger charge is 2.23. The maximum atomic E-state index is 5.96. The van der Waals surface area contributed by atoms with Gasteiger partial charge in [0.15, 0.2) is 0 Å². The van der Waals surface area contributed by atoms with Gasteiger partial charge in [-0.3, -0.25) is 0 Å². The molecule has 1 aromatic heterocycles. The molecule has 3 rings (SSSR count). The van der Waals surface area contributed by atoms with Crippen LogP contribution in [0.1, 0.15) is 44.4 Å². The summed E-state index contributed by atoms with van der Waals surface area (Å²) in [6, 6.07) is 11.3. The van der Waals surface area contributed by atoms with Crippen molar-refractivity contribution in [3.8, 4) is 0 Å². The number of nitrogens with one attached hydrogen (secondary N) is 1. The highest BCUT2D eigenvalue weighted by Crippen LogP contribution is 2.29. The summed E-state index contributed by atoms with van der Waals surface area (Å²) in [5.74, 6) is 1.05. The predicted octanol–water partition coefficient (Wildman–Crippen LogP) is 4.76. The third kappa shape index (κ3) is 3.04. The van der Waals surface area contributed by atoms with Gasteiger partial charge in [0.25, 0.3) is 0 Å². The van der Waals surface area contributed by atoms with Crippen LogP contribution in [0, 0.1) is 0 Å². The summed E-state index contributed by atoms with van der Waals surface area (Å²) in [6.45, 7) is 2.21. The van der Waals surface area contributed by atoms with E-state index in [-0.39, 0.29) is 6.04 Å². The van der Waals surface area contributed by atoms with E-state index in [0.29, 0.717) is 6.04 Å². The summed E-state index contributed by atoms with van der Waals surface area (Å²) in [4.78, 5) is 0. The van der Waals surface area contributed by atoms with E-state index in [9.17, 15) is 0 Å². The minimum atomic E-state index is 0.285. The number of hydrogen-bond acceptors (Lipinski definition) is 3. The zero-order valence-corrected chi connectivity index (χ0v) is 13.1. The van der Waals surface area contributed by atoms with Gasteiger partial charge in [0.05, 0.1) is 6.04 Å². The minimum Gasteiger partial charge on any atom is -0.459 e. The van der Waals surface area contributed by atoms with Crippen molar-refractivity contribution >= 4 is 22.7 Å². The van der Waals surface area contributed by atoms with Gasteiger partial charge in [0, 0.05) is 16.7 Å². The molecule has 3 atom stereocenters. The second-order valence-corrected chi connectivity index (χ2v) is 6.93. The molecule has 0 spiro atoms. The predicted molar refractivity (Wildman–Crippen MR) is 87.3 cm³/mol. The smallest absolute Gasteiger partial charge is 0.134 e. The molecule has 1 aliphatic rings. The number of thioether (sulfide) groups is 1. The van der Waals surface area contributed by atoms with Gasteiger partial charge in [-0.15, -0.1) is 0 Å². The van der Waals surface area contributed by atoms with Crippen LogP contribution in [-0.4, -0.2) is 17.5 Å². The molecule has 0 saturated heterocycles. The fraction of sp³-hybridized carbons (Fsp3) is 0.529. The second kappa shape index (κ2) is 6.23. The molecule has 0 aliphatic heterocycles. The van der Waals surface area contributed by atoms with Gasteiger partial charge in [0.2, 0.25) is 0 Å². The maximum Gasteiger partial charge on any atom is 0.134 e. The van der Waals surface area contributed by atoms with Gasteiger partial charge in [-0.05, 0) is 44.6 Å². The van der Waals surface area contributed by atoms with Crippen molar-refractivity contribution in [2.24, 2.45) is 0 Å². The Kier molecular flexibility index (Phi) is 4.37. The highest BCUT2D eigenvalue weighted by atomic mass is 32.2. The molecule has 1 fully saturated rings. The highest BCUT2D eigenvalue weighted by molar-refractivity contribution is 7.99. The third-order valence-corrected chi connectivity index (χ3v) is 5.41. The van der Waals surface area contributed by atoms with Crippen LogP contribution < -0.4 is 5.32 Å². The van der Waals surface area contributed by atoms with Gasteiger partial charge >= 0.3 is 0 Å². The Morgan fingerprint density at radius 1 is 1.30 bits per heavy atom. The molecule has 0 amide bonds. The standard InChI is InChI=1S/C17H23NOS/c1-12(18-14-7-5-8-15(11-14)20-2)17-10-13-6-3-4-9-16(13)19-17/h3-4,6,9-10,12,14-15,18H,5,7-8,11H2,1-2H3. The fourth-order valence-electron chi connectivity index (χ4n) is 3.16. The van der Waals surface area contributed by atoms with Crippen LogP contribution in [0.2, 0.25) is 0 Å². The SMILES string of the molecule is CSC1CCCC(NC(C)c2cc3ccccc3o2)C1. The molecule has 0 bridgehead atoms. The molecular weight excluding hydrogens is 266 g/mol. The lowest BCUT2D eigenvalue weighted by Gasteiger charge is -2.30. The Labute approximate surface area is 125 Å². The van der Waals surface area contributed by atoms with Gasteiger partial charge in [-0.2, -0.15) is 11.8 Å². The zero-order chi connectivity index (χ0) is 13.9. The van der Waals surface area contributed by atoms with Gasteiger partial charge in [0.1, 0.15) is 11.3 Å². The van der Waals surface area contributed by atoms with Gasteiger partial charge in [-0.1, -0.05) is 24.6 Å². The summed E-state index contributed by atoms with van der Waals surface area (Å²) in [5, 5.41) is 5.77. The molecule has 3 heteroatoms. The van der Waals surface area contributed by atoms with Crippen molar-refractivity contribution < 1.29 is 4.42 Å². The lowest BCUT2D eigenvalue weighted by atomic mass is 9.94. The molecule has 1 N–H and O–H groups in total. The number of furan rings is 1. The number of hydrogen-bond donors (Lipinski definition) is 1. The molecule has 1 aromatic carbocycles. The first-order chi connectivity index (χ1) is 9.76. The van der Waals surface area contributed by atoms with Crippen LogP contribution >= 0.6 is 11.8 Å². The van der Waals surface area contributed by atoms with E-state index >= 15 is 0 Å². The molecule has 1 heterocycles. The first-order valence-corrected chi connectivity index (χ1v) is 8.82. The van der Waals surface area contributed by atoms with Crippen molar-refractivity contribution in [2.45, 2.75) is 49.9 Å². The first-order valence-electron chi connectivity index (χ1n) is 7.53. The van der Waals surface area contributed by atoms with Crippen molar-refractivity contribution in [1.82, 2.24) is 5.32 Å². The Morgan fingerprint density at radius 3 is 2.95 bits per heavy atom. The van der Waals surface area contributed by atoms with Crippen LogP contribution in [0.25, 0.3) is 11.0 Å². The van der Waals surface area contributed by atoms with Crippen molar-refractivity contribution in [2.75, 3.05) is 6.26 Å².